The highest BCUT2D eigenvalue weighted by Gasteiger charge is 2.35. The van der Waals surface area contributed by atoms with Gasteiger partial charge in [-0.15, -0.1) is 0 Å². The van der Waals surface area contributed by atoms with Crippen molar-refractivity contribution in [1.29, 1.82) is 0 Å². The summed E-state index contributed by atoms with van der Waals surface area (Å²) >= 11 is 0. The molecule has 1 atom stereocenters. The first-order valence-electron chi connectivity index (χ1n) is 11.0. The molecule has 0 aromatic carbocycles. The SMILES string of the molecule is CN1CCc2nc(C3CCCCN3C(=O)c3cc(C4CC4)on3)nc(N(C)C)c2C1. The van der Waals surface area contributed by atoms with Gasteiger partial charge in [-0.2, -0.15) is 0 Å². The summed E-state index contributed by atoms with van der Waals surface area (Å²) < 4.78 is 5.44. The van der Waals surface area contributed by atoms with Crippen LogP contribution in [0, 0.1) is 0 Å². The second-order valence-electron chi connectivity index (χ2n) is 9.11. The van der Waals surface area contributed by atoms with Crippen LogP contribution in [0.15, 0.2) is 10.6 Å². The van der Waals surface area contributed by atoms with Crippen LogP contribution in [0.3, 0.4) is 0 Å². The second-order valence-corrected chi connectivity index (χ2v) is 9.11. The largest absolute Gasteiger partial charge is 0.362 e. The Morgan fingerprint density at radius 1 is 1.17 bits per heavy atom. The maximum atomic E-state index is 13.3. The third kappa shape index (κ3) is 3.57. The molecular weight excluding hydrogens is 380 g/mol. The van der Waals surface area contributed by atoms with Crippen molar-refractivity contribution in [2.45, 2.75) is 57.0 Å². The van der Waals surface area contributed by atoms with Gasteiger partial charge < -0.3 is 19.2 Å². The number of nitrogens with zero attached hydrogens (tertiary/aromatic N) is 6. The minimum Gasteiger partial charge on any atom is -0.362 e. The summed E-state index contributed by atoms with van der Waals surface area (Å²) in [5, 5.41) is 4.08. The van der Waals surface area contributed by atoms with Crippen LogP contribution >= 0.6 is 0 Å². The Morgan fingerprint density at radius 3 is 2.77 bits per heavy atom. The molecule has 0 N–H and O–H groups in total. The highest BCUT2D eigenvalue weighted by atomic mass is 16.5. The van der Waals surface area contributed by atoms with Gasteiger partial charge in [0.15, 0.2) is 11.5 Å². The van der Waals surface area contributed by atoms with Crippen LogP contribution in [0.5, 0.6) is 0 Å². The van der Waals surface area contributed by atoms with E-state index in [9.17, 15) is 4.79 Å². The molecule has 1 saturated carbocycles. The van der Waals surface area contributed by atoms with Crippen LogP contribution in [0.2, 0.25) is 0 Å². The minimum atomic E-state index is -0.115. The fourth-order valence-electron chi connectivity index (χ4n) is 4.61. The number of aromatic nitrogens is 3. The molecule has 1 amide bonds. The standard InChI is InChI=1S/C22H30N6O2/c1-26(2)21-15-13-27(3)11-9-16(15)23-20(24-21)18-6-4-5-10-28(18)22(29)17-12-19(30-25-17)14-7-8-14/h12,14,18H,4-11,13H2,1-3H3. The molecule has 160 valence electrons. The van der Waals surface area contributed by atoms with Gasteiger partial charge in [-0.1, -0.05) is 5.16 Å². The minimum absolute atomic E-state index is 0.0668. The Morgan fingerprint density at radius 2 is 2.00 bits per heavy atom. The first-order valence-corrected chi connectivity index (χ1v) is 11.0. The molecule has 5 rings (SSSR count). The van der Waals surface area contributed by atoms with Crippen molar-refractivity contribution >= 4 is 11.7 Å². The molecule has 0 bridgehead atoms. The van der Waals surface area contributed by atoms with E-state index in [1.165, 1.54) is 5.56 Å². The zero-order valence-electron chi connectivity index (χ0n) is 18.1. The number of rotatable bonds is 4. The number of likely N-dealkylation sites (tertiary alicyclic amines) is 1. The van der Waals surface area contributed by atoms with Crippen molar-refractivity contribution < 1.29 is 9.32 Å². The van der Waals surface area contributed by atoms with Gasteiger partial charge in [0.05, 0.1) is 11.7 Å². The number of fused-ring (bicyclic) bond motifs is 1. The van der Waals surface area contributed by atoms with Crippen LogP contribution in [0.4, 0.5) is 5.82 Å². The number of likely N-dealkylation sites (N-methyl/N-ethyl adjacent to an activating group) is 1. The molecule has 2 aromatic heterocycles. The van der Waals surface area contributed by atoms with E-state index < -0.39 is 0 Å². The van der Waals surface area contributed by atoms with E-state index in [4.69, 9.17) is 14.5 Å². The number of carbonyl (C=O) groups excluding carboxylic acids is 1. The maximum absolute atomic E-state index is 13.3. The molecule has 30 heavy (non-hydrogen) atoms. The predicted octanol–water partition coefficient (Wildman–Crippen LogP) is 2.76. The van der Waals surface area contributed by atoms with E-state index in [1.54, 1.807) is 0 Å². The predicted molar refractivity (Wildman–Crippen MR) is 113 cm³/mol. The highest BCUT2D eigenvalue weighted by Crippen LogP contribution is 2.40. The molecular formula is C22H30N6O2. The lowest BCUT2D eigenvalue weighted by molar-refractivity contribution is 0.0588. The summed E-state index contributed by atoms with van der Waals surface area (Å²) in [6.07, 6.45) is 6.11. The third-order valence-corrected chi connectivity index (χ3v) is 6.46. The van der Waals surface area contributed by atoms with Gasteiger partial charge in [-0.3, -0.25) is 4.79 Å². The molecule has 2 aliphatic heterocycles. The van der Waals surface area contributed by atoms with Crippen LogP contribution < -0.4 is 4.90 Å². The first-order chi connectivity index (χ1) is 14.5. The Kier molecular flexibility index (Phi) is 4.97. The van der Waals surface area contributed by atoms with Gasteiger partial charge in [0.2, 0.25) is 0 Å². The first kappa shape index (κ1) is 19.5. The van der Waals surface area contributed by atoms with Gasteiger partial charge in [0.25, 0.3) is 5.91 Å². The number of amides is 1. The zero-order valence-corrected chi connectivity index (χ0v) is 18.1. The number of piperidine rings is 1. The van der Waals surface area contributed by atoms with Gasteiger partial charge in [-0.05, 0) is 39.2 Å². The molecule has 8 heteroatoms. The highest BCUT2D eigenvalue weighted by molar-refractivity contribution is 5.92. The van der Waals surface area contributed by atoms with Crippen molar-refractivity contribution in [3.63, 3.8) is 0 Å². The monoisotopic (exact) mass is 410 g/mol. The Labute approximate surface area is 177 Å². The Hall–Kier alpha value is -2.48. The molecule has 1 unspecified atom stereocenters. The van der Waals surface area contributed by atoms with Crippen LogP contribution in [-0.4, -0.2) is 65.1 Å². The van der Waals surface area contributed by atoms with Gasteiger partial charge in [0.1, 0.15) is 11.6 Å². The van der Waals surface area contributed by atoms with E-state index in [-0.39, 0.29) is 11.9 Å². The number of carbonyl (C=O) groups is 1. The smallest absolute Gasteiger partial charge is 0.276 e. The topological polar surface area (TPSA) is 78.6 Å². The van der Waals surface area contributed by atoms with Gasteiger partial charge >= 0.3 is 0 Å². The van der Waals surface area contributed by atoms with Crippen molar-refractivity contribution in [3.8, 4) is 0 Å². The number of hydrogen-bond donors (Lipinski definition) is 0. The molecule has 4 heterocycles. The van der Waals surface area contributed by atoms with Crippen molar-refractivity contribution in [1.82, 2.24) is 24.9 Å². The number of anilines is 1. The molecule has 3 aliphatic rings. The molecule has 2 fully saturated rings. The summed E-state index contributed by atoms with van der Waals surface area (Å²) in [5.41, 5.74) is 2.74. The summed E-state index contributed by atoms with van der Waals surface area (Å²) in [6, 6.07) is 1.72. The van der Waals surface area contributed by atoms with Crippen LogP contribution in [0.25, 0.3) is 0 Å². The lowest BCUT2D eigenvalue weighted by Gasteiger charge is -2.36. The third-order valence-electron chi connectivity index (χ3n) is 6.46. The van der Waals surface area contributed by atoms with Gasteiger partial charge in [-0.25, -0.2) is 9.97 Å². The van der Waals surface area contributed by atoms with Crippen molar-refractivity contribution in [2.24, 2.45) is 0 Å². The average molecular weight is 411 g/mol. The fourth-order valence-corrected chi connectivity index (χ4v) is 4.61. The quantitative estimate of drug-likeness (QED) is 0.767. The zero-order chi connectivity index (χ0) is 20.8. The van der Waals surface area contributed by atoms with Crippen molar-refractivity contribution in [3.05, 3.63) is 34.6 Å². The molecule has 1 saturated heterocycles. The Bertz CT molecular complexity index is 951. The Balaban J connectivity index is 1.47. The van der Waals surface area contributed by atoms with Crippen LogP contribution in [-0.2, 0) is 13.0 Å². The molecule has 0 radical (unpaired) electrons. The average Bonchev–Trinajstić information content (AvgIpc) is 3.49. The molecule has 2 aromatic rings. The van der Waals surface area contributed by atoms with E-state index in [0.29, 0.717) is 18.2 Å². The summed E-state index contributed by atoms with van der Waals surface area (Å²) in [5.74, 6) is 2.96. The van der Waals surface area contributed by atoms with E-state index in [0.717, 1.165) is 74.7 Å². The fraction of sp³-hybridized carbons (Fsp3) is 0.636. The molecule has 8 nitrogen and oxygen atoms in total. The lowest BCUT2D eigenvalue weighted by atomic mass is 9.99. The van der Waals surface area contributed by atoms with E-state index >= 15 is 0 Å². The van der Waals surface area contributed by atoms with E-state index in [2.05, 4.69) is 22.0 Å². The number of hydrogen-bond acceptors (Lipinski definition) is 7. The summed E-state index contributed by atoms with van der Waals surface area (Å²) in [4.78, 5) is 29.5. The normalized spacial score (nSPS) is 22.1. The maximum Gasteiger partial charge on any atom is 0.276 e. The second kappa shape index (κ2) is 7.65. The summed E-state index contributed by atoms with van der Waals surface area (Å²) in [7, 11) is 6.19. The van der Waals surface area contributed by atoms with Crippen molar-refractivity contribution in [2.75, 3.05) is 39.1 Å². The molecule has 1 aliphatic carbocycles. The van der Waals surface area contributed by atoms with Crippen LogP contribution in [0.1, 0.15) is 77.4 Å². The van der Waals surface area contributed by atoms with E-state index in [1.807, 2.05) is 25.1 Å². The van der Waals surface area contributed by atoms with Gasteiger partial charge in [0, 0.05) is 57.7 Å². The molecule has 0 spiro atoms. The lowest BCUT2D eigenvalue weighted by Crippen LogP contribution is -2.40. The summed E-state index contributed by atoms with van der Waals surface area (Å²) in [6.45, 7) is 2.56.